The molecular weight excluding hydrogens is 334 g/mol. The van der Waals surface area contributed by atoms with Crippen molar-refractivity contribution < 1.29 is 4.79 Å². The first kappa shape index (κ1) is 19.7. The van der Waals surface area contributed by atoms with Crippen molar-refractivity contribution >= 4 is 11.7 Å². The predicted octanol–water partition coefficient (Wildman–Crippen LogP) is 5.61. The van der Waals surface area contributed by atoms with Crippen LogP contribution in [0.3, 0.4) is 0 Å². The minimum Gasteiger partial charge on any atom is -0.311 e. The lowest BCUT2D eigenvalue weighted by Gasteiger charge is -2.36. The van der Waals surface area contributed by atoms with Crippen LogP contribution in [0.15, 0.2) is 36.4 Å². The standard InChI is InChI=1S/C23H33N3O/c1-5-13-26-22(15-21(25-26)18-9-7-6-8-10-18)24-23(27)20-14-17(4)11-12-19(20)16(2)3/h6-10,15-17,19-20H,5,11-14H2,1-4H3,(H,24,27)/t17-,19+,20-/m1/s1. The fourth-order valence-electron chi connectivity index (χ4n) is 4.37. The second-order valence-electron chi connectivity index (χ2n) is 8.43. The lowest BCUT2D eigenvalue weighted by atomic mass is 9.70. The molecule has 3 atom stereocenters. The molecule has 146 valence electrons. The Hall–Kier alpha value is -2.10. The van der Waals surface area contributed by atoms with Crippen LogP contribution < -0.4 is 5.32 Å². The molecule has 3 rings (SSSR count). The number of nitrogens with zero attached hydrogens (tertiary/aromatic N) is 2. The summed E-state index contributed by atoms with van der Waals surface area (Å²) in [5.41, 5.74) is 1.99. The van der Waals surface area contributed by atoms with E-state index in [4.69, 9.17) is 5.10 Å². The van der Waals surface area contributed by atoms with E-state index in [0.29, 0.717) is 17.8 Å². The maximum atomic E-state index is 13.2. The number of benzene rings is 1. The Labute approximate surface area is 163 Å². The first-order valence-electron chi connectivity index (χ1n) is 10.4. The third kappa shape index (κ3) is 4.60. The highest BCUT2D eigenvalue weighted by molar-refractivity contribution is 5.92. The first-order valence-corrected chi connectivity index (χ1v) is 10.4. The second kappa shape index (κ2) is 8.73. The van der Waals surface area contributed by atoms with Crippen molar-refractivity contribution in [3.05, 3.63) is 36.4 Å². The molecule has 1 aromatic carbocycles. The summed E-state index contributed by atoms with van der Waals surface area (Å²) in [6, 6.07) is 12.2. The molecule has 0 aliphatic heterocycles. The largest absolute Gasteiger partial charge is 0.311 e. The summed E-state index contributed by atoms with van der Waals surface area (Å²) >= 11 is 0. The summed E-state index contributed by atoms with van der Waals surface area (Å²) in [5, 5.41) is 7.96. The number of carbonyl (C=O) groups is 1. The Morgan fingerprint density at radius 3 is 2.67 bits per heavy atom. The van der Waals surface area contributed by atoms with E-state index < -0.39 is 0 Å². The number of nitrogens with one attached hydrogen (secondary N) is 1. The van der Waals surface area contributed by atoms with Crippen molar-refractivity contribution in [2.75, 3.05) is 5.32 Å². The predicted molar refractivity (Wildman–Crippen MR) is 111 cm³/mol. The van der Waals surface area contributed by atoms with Crippen molar-refractivity contribution in [2.45, 2.75) is 59.9 Å². The molecule has 4 heteroatoms. The number of rotatable bonds is 6. The van der Waals surface area contributed by atoms with Gasteiger partial charge >= 0.3 is 0 Å². The number of hydrogen-bond acceptors (Lipinski definition) is 2. The van der Waals surface area contributed by atoms with Crippen LogP contribution in [-0.2, 0) is 11.3 Å². The smallest absolute Gasteiger partial charge is 0.228 e. The molecule has 1 N–H and O–H groups in total. The molecule has 0 saturated heterocycles. The van der Waals surface area contributed by atoms with Gasteiger partial charge in [0.25, 0.3) is 0 Å². The highest BCUT2D eigenvalue weighted by Gasteiger charge is 2.35. The van der Waals surface area contributed by atoms with E-state index in [9.17, 15) is 4.79 Å². The number of aromatic nitrogens is 2. The third-order valence-corrected chi connectivity index (χ3v) is 5.90. The van der Waals surface area contributed by atoms with Crippen molar-refractivity contribution in [1.82, 2.24) is 9.78 Å². The molecule has 0 bridgehead atoms. The lowest BCUT2D eigenvalue weighted by Crippen LogP contribution is -2.37. The van der Waals surface area contributed by atoms with Crippen molar-refractivity contribution in [2.24, 2.45) is 23.7 Å². The Balaban J connectivity index is 1.83. The van der Waals surface area contributed by atoms with Crippen LogP contribution >= 0.6 is 0 Å². The quantitative estimate of drug-likeness (QED) is 0.721. The van der Waals surface area contributed by atoms with Crippen LogP contribution in [0, 0.1) is 23.7 Å². The fraction of sp³-hybridized carbons (Fsp3) is 0.565. The summed E-state index contributed by atoms with van der Waals surface area (Å²) in [5.74, 6) is 2.71. The van der Waals surface area contributed by atoms with Crippen LogP contribution in [-0.4, -0.2) is 15.7 Å². The van der Waals surface area contributed by atoms with Crippen LogP contribution in [0.2, 0.25) is 0 Å². The second-order valence-corrected chi connectivity index (χ2v) is 8.43. The Morgan fingerprint density at radius 2 is 2.00 bits per heavy atom. The molecule has 1 saturated carbocycles. The summed E-state index contributed by atoms with van der Waals surface area (Å²) in [6.45, 7) is 9.70. The molecule has 4 nitrogen and oxygen atoms in total. The van der Waals surface area contributed by atoms with Crippen LogP contribution in [0.5, 0.6) is 0 Å². The summed E-state index contributed by atoms with van der Waals surface area (Å²) in [7, 11) is 0. The summed E-state index contributed by atoms with van der Waals surface area (Å²) in [4.78, 5) is 13.2. The Kier molecular flexibility index (Phi) is 6.35. The van der Waals surface area contributed by atoms with Gasteiger partial charge in [-0.05, 0) is 37.0 Å². The van der Waals surface area contributed by atoms with Crippen LogP contribution in [0.25, 0.3) is 11.3 Å². The van der Waals surface area contributed by atoms with Gasteiger partial charge in [0.2, 0.25) is 5.91 Å². The SMILES string of the molecule is CCCn1nc(-c2ccccc2)cc1NC(=O)[C@@H]1C[C@H](C)CC[C@H]1C(C)C. The highest BCUT2D eigenvalue weighted by Crippen LogP contribution is 2.38. The molecule has 0 spiro atoms. The van der Waals surface area contributed by atoms with Crippen LogP contribution in [0.1, 0.15) is 53.4 Å². The average Bonchev–Trinajstić information content (AvgIpc) is 3.05. The molecule has 1 amide bonds. The van der Waals surface area contributed by atoms with Gasteiger partial charge in [0.1, 0.15) is 5.82 Å². The zero-order chi connectivity index (χ0) is 19.4. The van der Waals surface area contributed by atoms with Gasteiger partial charge in [0, 0.05) is 24.1 Å². The van der Waals surface area contributed by atoms with E-state index in [0.717, 1.165) is 42.9 Å². The zero-order valence-corrected chi connectivity index (χ0v) is 17.1. The molecule has 0 unspecified atom stereocenters. The topological polar surface area (TPSA) is 46.9 Å². The molecule has 2 aromatic rings. The van der Waals surface area contributed by atoms with E-state index >= 15 is 0 Å². The van der Waals surface area contributed by atoms with Crippen molar-refractivity contribution in [3.8, 4) is 11.3 Å². The number of amides is 1. The van der Waals surface area contributed by atoms with Gasteiger partial charge in [-0.25, -0.2) is 4.68 Å². The number of hydrogen-bond donors (Lipinski definition) is 1. The normalized spacial score (nSPS) is 22.8. The lowest BCUT2D eigenvalue weighted by molar-refractivity contribution is -0.124. The first-order chi connectivity index (χ1) is 13.0. The van der Waals surface area contributed by atoms with Crippen LogP contribution in [0.4, 0.5) is 5.82 Å². The minimum atomic E-state index is 0.0962. The van der Waals surface area contributed by atoms with Gasteiger partial charge in [-0.15, -0.1) is 0 Å². The Morgan fingerprint density at radius 1 is 1.26 bits per heavy atom. The molecule has 1 aromatic heterocycles. The molecular formula is C23H33N3O. The monoisotopic (exact) mass is 367 g/mol. The molecule has 1 heterocycles. The van der Waals surface area contributed by atoms with Crippen molar-refractivity contribution in [1.29, 1.82) is 0 Å². The van der Waals surface area contributed by atoms with Crippen molar-refractivity contribution in [3.63, 3.8) is 0 Å². The highest BCUT2D eigenvalue weighted by atomic mass is 16.2. The summed E-state index contributed by atoms with van der Waals surface area (Å²) in [6.07, 6.45) is 4.36. The molecule has 1 fully saturated rings. The number of aryl methyl sites for hydroxylation is 1. The fourth-order valence-corrected chi connectivity index (χ4v) is 4.37. The minimum absolute atomic E-state index is 0.0962. The molecule has 27 heavy (non-hydrogen) atoms. The summed E-state index contributed by atoms with van der Waals surface area (Å²) < 4.78 is 1.94. The molecule has 1 aliphatic carbocycles. The number of anilines is 1. The van der Waals surface area contributed by atoms with E-state index in [-0.39, 0.29) is 11.8 Å². The molecule has 0 radical (unpaired) electrons. The van der Waals surface area contributed by atoms with Gasteiger partial charge in [0.05, 0.1) is 5.69 Å². The average molecular weight is 368 g/mol. The van der Waals surface area contributed by atoms with E-state index in [1.165, 1.54) is 6.42 Å². The maximum absolute atomic E-state index is 13.2. The van der Waals surface area contributed by atoms with E-state index in [1.54, 1.807) is 0 Å². The third-order valence-electron chi connectivity index (χ3n) is 5.90. The van der Waals surface area contributed by atoms with Gasteiger partial charge in [-0.3, -0.25) is 4.79 Å². The van der Waals surface area contributed by atoms with Gasteiger partial charge < -0.3 is 5.32 Å². The van der Waals surface area contributed by atoms with Gasteiger partial charge in [-0.2, -0.15) is 5.10 Å². The van der Waals surface area contributed by atoms with Gasteiger partial charge in [0.15, 0.2) is 0 Å². The molecule has 1 aliphatic rings. The number of carbonyl (C=O) groups excluding carboxylic acids is 1. The maximum Gasteiger partial charge on any atom is 0.228 e. The van der Waals surface area contributed by atoms with E-state index in [1.807, 2.05) is 28.9 Å². The zero-order valence-electron chi connectivity index (χ0n) is 17.1. The Bertz CT molecular complexity index is 750. The van der Waals surface area contributed by atoms with E-state index in [2.05, 4.69) is 45.1 Å². The van der Waals surface area contributed by atoms with Gasteiger partial charge in [-0.1, -0.05) is 64.4 Å².